The Bertz CT molecular complexity index is 485. The standard InChI is InChI=1S/C15H19NO3/c1-10-9-15(14(18)19-3,16-11(2)17)13(10)12-7-5-4-6-8-12/h4-8,10,13H,9H2,1-3H3,(H,16,17)/t10-,13-,15-/m1/s1. The third-order valence-electron chi connectivity index (χ3n) is 3.85. The molecular weight excluding hydrogens is 242 g/mol. The highest BCUT2D eigenvalue weighted by Crippen LogP contribution is 2.51. The molecule has 2 rings (SSSR count). The molecule has 0 saturated heterocycles. The predicted molar refractivity (Wildman–Crippen MR) is 71.5 cm³/mol. The first-order valence-corrected chi connectivity index (χ1v) is 6.43. The maximum absolute atomic E-state index is 12.1. The van der Waals surface area contributed by atoms with Crippen molar-refractivity contribution >= 4 is 11.9 Å². The van der Waals surface area contributed by atoms with E-state index in [2.05, 4.69) is 12.2 Å². The van der Waals surface area contributed by atoms with Gasteiger partial charge in [-0.05, 0) is 17.9 Å². The maximum Gasteiger partial charge on any atom is 0.332 e. The zero-order chi connectivity index (χ0) is 14.0. The largest absolute Gasteiger partial charge is 0.467 e. The lowest BCUT2D eigenvalue weighted by Gasteiger charge is -2.52. The molecule has 3 atom stereocenters. The highest BCUT2D eigenvalue weighted by molar-refractivity contribution is 5.89. The molecule has 0 aromatic heterocycles. The maximum atomic E-state index is 12.1. The molecule has 1 fully saturated rings. The molecule has 0 spiro atoms. The number of hydrogen-bond donors (Lipinski definition) is 1. The Hall–Kier alpha value is -1.84. The van der Waals surface area contributed by atoms with Gasteiger partial charge in [0.05, 0.1) is 7.11 Å². The van der Waals surface area contributed by atoms with Gasteiger partial charge in [-0.3, -0.25) is 4.79 Å². The minimum atomic E-state index is -0.915. The van der Waals surface area contributed by atoms with Crippen LogP contribution >= 0.6 is 0 Å². The fraction of sp³-hybridized carbons (Fsp3) is 0.467. The van der Waals surface area contributed by atoms with Crippen molar-refractivity contribution in [3.8, 4) is 0 Å². The van der Waals surface area contributed by atoms with E-state index >= 15 is 0 Å². The molecule has 1 aliphatic rings. The third-order valence-corrected chi connectivity index (χ3v) is 3.85. The number of hydrogen-bond acceptors (Lipinski definition) is 3. The van der Waals surface area contributed by atoms with Crippen LogP contribution in [-0.4, -0.2) is 24.5 Å². The summed E-state index contributed by atoms with van der Waals surface area (Å²) in [5.41, 5.74) is 0.141. The summed E-state index contributed by atoms with van der Waals surface area (Å²) in [4.78, 5) is 23.6. The van der Waals surface area contributed by atoms with Crippen LogP contribution in [0.4, 0.5) is 0 Å². The Kier molecular flexibility index (Phi) is 3.60. The van der Waals surface area contributed by atoms with E-state index in [1.54, 1.807) is 0 Å². The number of amides is 1. The SMILES string of the molecule is COC(=O)[C@@]1(NC(C)=O)C[C@@H](C)[C@@H]1c1ccccc1. The van der Waals surface area contributed by atoms with Gasteiger partial charge in [0.25, 0.3) is 0 Å². The fourth-order valence-electron chi connectivity index (χ4n) is 3.24. The van der Waals surface area contributed by atoms with E-state index in [0.717, 1.165) is 5.56 Å². The van der Waals surface area contributed by atoms with Crippen molar-refractivity contribution in [2.24, 2.45) is 5.92 Å². The van der Waals surface area contributed by atoms with E-state index in [1.165, 1.54) is 14.0 Å². The highest BCUT2D eigenvalue weighted by Gasteiger charge is 2.59. The quantitative estimate of drug-likeness (QED) is 0.845. The summed E-state index contributed by atoms with van der Waals surface area (Å²) in [5.74, 6) is -0.286. The van der Waals surface area contributed by atoms with Crippen LogP contribution in [0, 0.1) is 5.92 Å². The highest BCUT2D eigenvalue weighted by atomic mass is 16.5. The lowest BCUT2D eigenvalue weighted by atomic mass is 9.57. The third kappa shape index (κ3) is 2.23. The molecule has 0 heterocycles. The van der Waals surface area contributed by atoms with E-state index in [9.17, 15) is 9.59 Å². The average molecular weight is 261 g/mol. The van der Waals surface area contributed by atoms with Crippen LogP contribution in [0.2, 0.25) is 0 Å². The van der Waals surface area contributed by atoms with Crippen LogP contribution in [0.3, 0.4) is 0 Å². The lowest BCUT2D eigenvalue weighted by Crippen LogP contribution is -2.67. The Morgan fingerprint density at radius 1 is 1.32 bits per heavy atom. The molecule has 0 unspecified atom stereocenters. The first-order valence-electron chi connectivity index (χ1n) is 6.43. The van der Waals surface area contributed by atoms with Crippen molar-refractivity contribution in [1.29, 1.82) is 0 Å². The molecule has 0 bridgehead atoms. The van der Waals surface area contributed by atoms with E-state index in [0.29, 0.717) is 12.3 Å². The molecule has 4 heteroatoms. The van der Waals surface area contributed by atoms with Crippen LogP contribution in [-0.2, 0) is 14.3 Å². The first kappa shape index (κ1) is 13.6. The number of esters is 1. The number of nitrogens with one attached hydrogen (secondary N) is 1. The summed E-state index contributed by atoms with van der Waals surface area (Å²) in [7, 11) is 1.36. The van der Waals surface area contributed by atoms with Crippen molar-refractivity contribution in [2.75, 3.05) is 7.11 Å². The Morgan fingerprint density at radius 3 is 2.42 bits per heavy atom. The van der Waals surface area contributed by atoms with Gasteiger partial charge in [-0.25, -0.2) is 4.79 Å². The van der Waals surface area contributed by atoms with Gasteiger partial charge in [0.15, 0.2) is 0 Å². The topological polar surface area (TPSA) is 55.4 Å². The van der Waals surface area contributed by atoms with Crippen LogP contribution in [0.5, 0.6) is 0 Å². The van der Waals surface area contributed by atoms with Crippen molar-refractivity contribution in [1.82, 2.24) is 5.32 Å². The number of benzene rings is 1. The number of carbonyl (C=O) groups is 2. The summed E-state index contributed by atoms with van der Waals surface area (Å²) in [5, 5.41) is 2.81. The van der Waals surface area contributed by atoms with Crippen molar-refractivity contribution in [3.63, 3.8) is 0 Å². The summed E-state index contributed by atoms with van der Waals surface area (Å²) in [6, 6.07) is 9.79. The predicted octanol–water partition coefficient (Wildman–Crippen LogP) is 1.86. The molecular formula is C15H19NO3. The van der Waals surface area contributed by atoms with Gasteiger partial charge in [-0.1, -0.05) is 37.3 Å². The second-order valence-electron chi connectivity index (χ2n) is 5.21. The van der Waals surface area contributed by atoms with Gasteiger partial charge in [-0.2, -0.15) is 0 Å². The van der Waals surface area contributed by atoms with Gasteiger partial charge in [0.2, 0.25) is 5.91 Å². The number of carbonyl (C=O) groups excluding carboxylic acids is 2. The molecule has 102 valence electrons. The number of ether oxygens (including phenoxy) is 1. The van der Waals surface area contributed by atoms with Crippen LogP contribution < -0.4 is 5.32 Å². The monoisotopic (exact) mass is 261 g/mol. The molecule has 1 aliphatic carbocycles. The molecule has 1 amide bonds. The normalized spacial score (nSPS) is 29.2. The summed E-state index contributed by atoms with van der Waals surface area (Å²) in [6.07, 6.45) is 0.610. The fourth-order valence-corrected chi connectivity index (χ4v) is 3.24. The van der Waals surface area contributed by atoms with Crippen molar-refractivity contribution in [3.05, 3.63) is 35.9 Å². The van der Waals surface area contributed by atoms with E-state index in [4.69, 9.17) is 4.74 Å². The first-order chi connectivity index (χ1) is 9.01. The second-order valence-corrected chi connectivity index (χ2v) is 5.21. The van der Waals surface area contributed by atoms with Gasteiger partial charge < -0.3 is 10.1 Å². The van der Waals surface area contributed by atoms with Gasteiger partial charge in [-0.15, -0.1) is 0 Å². The summed E-state index contributed by atoms with van der Waals surface area (Å²) >= 11 is 0. The van der Waals surface area contributed by atoms with E-state index in [-0.39, 0.29) is 17.8 Å². The van der Waals surface area contributed by atoms with E-state index < -0.39 is 5.54 Å². The Morgan fingerprint density at radius 2 is 1.95 bits per heavy atom. The Labute approximate surface area is 113 Å². The zero-order valence-corrected chi connectivity index (χ0v) is 11.5. The minimum Gasteiger partial charge on any atom is -0.467 e. The van der Waals surface area contributed by atoms with Crippen LogP contribution in [0.15, 0.2) is 30.3 Å². The van der Waals surface area contributed by atoms with Gasteiger partial charge in [0, 0.05) is 12.8 Å². The number of rotatable bonds is 3. The van der Waals surface area contributed by atoms with Gasteiger partial charge in [0.1, 0.15) is 5.54 Å². The van der Waals surface area contributed by atoms with Crippen molar-refractivity contribution < 1.29 is 14.3 Å². The molecule has 4 nitrogen and oxygen atoms in total. The summed E-state index contributed by atoms with van der Waals surface area (Å²) < 4.78 is 4.90. The van der Waals surface area contributed by atoms with Crippen LogP contribution in [0.1, 0.15) is 31.7 Å². The lowest BCUT2D eigenvalue weighted by molar-refractivity contribution is -0.159. The Balaban J connectivity index is 2.38. The van der Waals surface area contributed by atoms with Crippen LogP contribution in [0.25, 0.3) is 0 Å². The molecule has 1 aromatic carbocycles. The molecule has 0 radical (unpaired) electrons. The summed E-state index contributed by atoms with van der Waals surface area (Å²) in [6.45, 7) is 3.51. The smallest absolute Gasteiger partial charge is 0.332 e. The minimum absolute atomic E-state index is 0.0370. The number of methoxy groups -OCH3 is 1. The molecule has 1 N–H and O–H groups in total. The van der Waals surface area contributed by atoms with E-state index in [1.807, 2.05) is 30.3 Å². The molecule has 0 aliphatic heterocycles. The molecule has 1 saturated carbocycles. The van der Waals surface area contributed by atoms with Crippen molar-refractivity contribution in [2.45, 2.75) is 31.7 Å². The van der Waals surface area contributed by atoms with Gasteiger partial charge >= 0.3 is 5.97 Å². The average Bonchev–Trinajstić information content (AvgIpc) is 2.37. The molecule has 19 heavy (non-hydrogen) atoms. The molecule has 1 aromatic rings. The second kappa shape index (κ2) is 5.03. The zero-order valence-electron chi connectivity index (χ0n) is 11.5.